The molecule has 0 spiro atoms. The number of nitrogens with zero attached hydrogens (tertiary/aromatic N) is 1. The molecule has 21 heavy (non-hydrogen) atoms. The Hall–Kier alpha value is -0.990. The van der Waals surface area contributed by atoms with Crippen LogP contribution in [0.25, 0.3) is 0 Å². The van der Waals surface area contributed by atoms with Crippen LogP contribution in [0, 0.1) is 2.88 Å². The molecule has 1 saturated heterocycles. The van der Waals surface area contributed by atoms with E-state index in [0.29, 0.717) is 10.5 Å². The number of hydrogen-bond acceptors (Lipinski definition) is 4. The molecular weight excluding hydrogens is 399 g/mol. The number of aliphatic imine (C=N–C) groups is 1. The van der Waals surface area contributed by atoms with Gasteiger partial charge in [-0.3, -0.25) is 0 Å². The third-order valence-electron chi connectivity index (χ3n) is 2.94. The SMILES string of the molecule is C/C=C/N=C(N)/C(=C\C)C(=O)c1cc(CO)c(I2CC2)s1. The number of thiophene rings is 1. The maximum absolute atomic E-state index is 12.6. The molecule has 4 nitrogen and oxygen atoms in total. The van der Waals surface area contributed by atoms with Crippen LogP contribution in [0.3, 0.4) is 0 Å². The molecule has 1 fully saturated rings. The fourth-order valence-electron chi connectivity index (χ4n) is 1.81. The summed E-state index contributed by atoms with van der Waals surface area (Å²) in [5, 5.41) is 9.46. The first-order chi connectivity index (χ1) is 10.1. The van der Waals surface area contributed by atoms with Crippen molar-refractivity contribution in [3.05, 3.63) is 43.3 Å². The molecule has 0 aliphatic carbocycles. The normalized spacial score (nSPS) is 17.6. The van der Waals surface area contributed by atoms with Gasteiger partial charge >= 0.3 is 136 Å². The first-order valence-electron chi connectivity index (χ1n) is 6.63. The van der Waals surface area contributed by atoms with E-state index in [4.69, 9.17) is 5.73 Å². The van der Waals surface area contributed by atoms with Crippen LogP contribution in [0.5, 0.6) is 0 Å². The summed E-state index contributed by atoms with van der Waals surface area (Å²) in [5.74, 6) is 0.123. The maximum atomic E-state index is 12.6. The van der Waals surface area contributed by atoms with E-state index in [1.165, 1.54) is 23.1 Å². The summed E-state index contributed by atoms with van der Waals surface area (Å²) in [5.41, 5.74) is 7.23. The van der Waals surface area contributed by atoms with Crippen molar-refractivity contribution in [1.29, 1.82) is 0 Å². The summed E-state index contributed by atoms with van der Waals surface area (Å²) in [6.07, 6.45) is 5.03. The van der Waals surface area contributed by atoms with Crippen molar-refractivity contribution in [2.45, 2.75) is 20.5 Å². The number of ketones is 1. The van der Waals surface area contributed by atoms with E-state index in [0.717, 1.165) is 5.56 Å². The zero-order valence-electron chi connectivity index (χ0n) is 12.1. The zero-order valence-corrected chi connectivity index (χ0v) is 15.1. The second kappa shape index (κ2) is 7.33. The average molecular weight is 418 g/mol. The van der Waals surface area contributed by atoms with Crippen LogP contribution >= 0.6 is 31.2 Å². The van der Waals surface area contributed by atoms with E-state index in [1.54, 1.807) is 25.3 Å². The number of Topliss-reactive ketones (excluding diaryl/α,β-unsaturated/α-hetero) is 1. The van der Waals surface area contributed by atoms with E-state index in [1.807, 2.05) is 13.0 Å². The summed E-state index contributed by atoms with van der Waals surface area (Å²) in [6, 6.07) is 1.82. The predicted octanol–water partition coefficient (Wildman–Crippen LogP) is 2.95. The van der Waals surface area contributed by atoms with Gasteiger partial charge in [-0.25, -0.2) is 0 Å². The fourth-order valence-corrected chi connectivity index (χ4v) is 9.31. The van der Waals surface area contributed by atoms with Crippen molar-refractivity contribution in [3.63, 3.8) is 0 Å². The van der Waals surface area contributed by atoms with Crippen LogP contribution < -0.4 is 5.73 Å². The zero-order chi connectivity index (χ0) is 15.4. The fraction of sp³-hybridized carbons (Fsp3) is 0.333. The van der Waals surface area contributed by atoms with Crippen molar-refractivity contribution in [1.82, 2.24) is 0 Å². The number of alkyl halides is 2. The molecule has 3 N–H and O–H groups in total. The van der Waals surface area contributed by atoms with Crippen LogP contribution in [-0.4, -0.2) is 25.6 Å². The van der Waals surface area contributed by atoms with Crippen LogP contribution in [0.1, 0.15) is 29.1 Å². The number of rotatable bonds is 6. The number of halogens is 1. The van der Waals surface area contributed by atoms with E-state index in [2.05, 4.69) is 4.99 Å². The molecule has 0 saturated carbocycles. The van der Waals surface area contributed by atoms with E-state index in [9.17, 15) is 9.90 Å². The number of aliphatic hydroxyl groups is 1. The number of carbonyl (C=O) groups is 1. The van der Waals surface area contributed by atoms with Crippen molar-refractivity contribution < 1.29 is 9.90 Å². The van der Waals surface area contributed by atoms with Crippen molar-refractivity contribution in [2.75, 3.05) is 8.86 Å². The van der Waals surface area contributed by atoms with Gasteiger partial charge in [-0.15, -0.1) is 0 Å². The van der Waals surface area contributed by atoms with Gasteiger partial charge < -0.3 is 0 Å². The summed E-state index contributed by atoms with van der Waals surface area (Å²) >= 11 is 0.541. The Kier molecular flexibility index (Phi) is 5.72. The Balaban J connectivity index is 2.30. The molecule has 0 bridgehead atoms. The third-order valence-corrected chi connectivity index (χ3v) is 10.3. The molecule has 0 unspecified atom stereocenters. The van der Waals surface area contributed by atoms with Gasteiger partial charge in [0.25, 0.3) is 0 Å². The number of carbonyl (C=O) groups excluding carboxylic acids is 1. The quantitative estimate of drug-likeness (QED) is 0.186. The number of hydrogen-bond donors (Lipinski definition) is 2. The minimum absolute atomic E-state index is 0.0143. The second-order valence-corrected chi connectivity index (χ2v) is 12.1. The Bertz CT molecular complexity index is 628. The monoisotopic (exact) mass is 418 g/mol. The molecular formula is C15H19IN2O2S. The molecule has 2 heterocycles. The van der Waals surface area contributed by atoms with Gasteiger partial charge in [-0.1, -0.05) is 0 Å². The molecule has 114 valence electrons. The molecule has 0 radical (unpaired) electrons. The van der Waals surface area contributed by atoms with E-state index < -0.39 is 19.8 Å². The van der Waals surface area contributed by atoms with Crippen molar-refractivity contribution >= 4 is 42.8 Å². The second-order valence-electron chi connectivity index (χ2n) is 4.43. The Morgan fingerprint density at radius 1 is 1.52 bits per heavy atom. The molecule has 0 atom stereocenters. The van der Waals surface area contributed by atoms with Crippen LogP contribution in [0.15, 0.2) is 35.0 Å². The molecule has 1 aromatic rings. The van der Waals surface area contributed by atoms with Crippen molar-refractivity contribution in [2.24, 2.45) is 10.7 Å². The Labute approximate surface area is 135 Å². The predicted molar refractivity (Wildman–Crippen MR) is 97.2 cm³/mol. The number of nitrogens with two attached hydrogens (primary N) is 1. The van der Waals surface area contributed by atoms with Gasteiger partial charge in [0.2, 0.25) is 0 Å². The first kappa shape index (κ1) is 16.4. The van der Waals surface area contributed by atoms with Gasteiger partial charge in [-0.2, -0.15) is 0 Å². The number of aliphatic hydroxyl groups excluding tert-OH is 1. The average Bonchev–Trinajstić information content (AvgIpc) is 3.24. The summed E-state index contributed by atoms with van der Waals surface area (Å²) in [4.78, 5) is 17.3. The molecule has 0 aromatic carbocycles. The molecule has 1 aliphatic rings. The molecule has 6 heteroatoms. The summed E-state index contributed by atoms with van der Waals surface area (Å²) in [6.45, 7) is 3.64. The van der Waals surface area contributed by atoms with Gasteiger partial charge in [0.05, 0.1) is 0 Å². The topological polar surface area (TPSA) is 75.7 Å². The van der Waals surface area contributed by atoms with E-state index >= 15 is 0 Å². The van der Waals surface area contributed by atoms with Gasteiger partial charge in [0, 0.05) is 0 Å². The first-order valence-corrected chi connectivity index (χ1v) is 11.6. The van der Waals surface area contributed by atoms with Gasteiger partial charge in [0.15, 0.2) is 0 Å². The van der Waals surface area contributed by atoms with Crippen LogP contribution in [0.4, 0.5) is 0 Å². The Morgan fingerprint density at radius 2 is 2.24 bits per heavy atom. The standard InChI is InChI=1S/C15H19IN2O2S/c1-3-7-18-15(17)11(4-2)13(20)12-8-10(9-19)14(21-12)16-5-6-16/h3-4,7-8,19H,5-6,9H2,1-2H3,(H2,17,18)/b7-3+,11-4-. The molecule has 0 amide bonds. The summed E-state index contributed by atoms with van der Waals surface area (Å²) in [7, 11) is 0. The molecule has 2 rings (SSSR count). The van der Waals surface area contributed by atoms with Crippen molar-refractivity contribution in [3.8, 4) is 0 Å². The number of allylic oxidation sites excluding steroid dienone is 2. The van der Waals surface area contributed by atoms with Crippen LogP contribution in [0.2, 0.25) is 0 Å². The molecule has 1 aromatic heterocycles. The Morgan fingerprint density at radius 3 is 2.76 bits per heavy atom. The molecule has 1 aliphatic heterocycles. The van der Waals surface area contributed by atoms with Gasteiger partial charge in [-0.05, 0) is 0 Å². The van der Waals surface area contributed by atoms with Gasteiger partial charge in [0.1, 0.15) is 0 Å². The minimum atomic E-state index is -0.997. The third kappa shape index (κ3) is 3.81. The summed E-state index contributed by atoms with van der Waals surface area (Å²) < 4.78 is 3.89. The van der Waals surface area contributed by atoms with E-state index in [-0.39, 0.29) is 18.2 Å². The number of amidine groups is 1. The van der Waals surface area contributed by atoms with Crippen LogP contribution in [-0.2, 0) is 6.61 Å².